The largest absolute Gasteiger partial charge is 0.464 e. The lowest BCUT2D eigenvalue weighted by molar-refractivity contribution is -0.172. The molecule has 0 radical (unpaired) electrons. The third-order valence-electron chi connectivity index (χ3n) is 4.93. The van der Waals surface area contributed by atoms with Gasteiger partial charge in [-0.1, -0.05) is 6.58 Å². The minimum atomic E-state index is -1.23. The van der Waals surface area contributed by atoms with Gasteiger partial charge in [-0.3, -0.25) is 19.2 Å². The average molecular weight is 579 g/mol. The molecule has 0 aliphatic heterocycles. The van der Waals surface area contributed by atoms with Gasteiger partial charge in [-0.25, -0.2) is 0 Å². The van der Waals surface area contributed by atoms with Crippen LogP contribution < -0.4 is 10.6 Å². The predicted octanol–water partition coefficient (Wildman–Crippen LogP) is 2.71. The number of nitrogens with one attached hydrogen (secondary N) is 2. The lowest BCUT2D eigenvalue weighted by Crippen LogP contribution is -2.46. The Morgan fingerprint density at radius 2 is 1.18 bits per heavy atom. The van der Waals surface area contributed by atoms with Gasteiger partial charge in [0.2, 0.25) is 5.91 Å². The van der Waals surface area contributed by atoms with Gasteiger partial charge in [0.05, 0.1) is 24.0 Å². The van der Waals surface area contributed by atoms with Gasteiger partial charge in [-0.15, -0.1) is 0 Å². The second-order valence-corrected chi connectivity index (χ2v) is 13.6. The Labute approximate surface area is 238 Å². The van der Waals surface area contributed by atoms with E-state index < -0.39 is 38.2 Å². The van der Waals surface area contributed by atoms with E-state index in [2.05, 4.69) is 42.5 Å². The van der Waals surface area contributed by atoms with E-state index in [-0.39, 0.29) is 45.4 Å². The number of carbonyl (C=O) groups is 4. The Hall–Kier alpha value is -1.92. The van der Waals surface area contributed by atoms with Gasteiger partial charge in [0.1, 0.15) is 29.3 Å². The third kappa shape index (κ3) is 14.9. The van der Waals surface area contributed by atoms with Crippen molar-refractivity contribution in [2.75, 3.05) is 46.1 Å². The van der Waals surface area contributed by atoms with Crippen LogP contribution in [0.15, 0.2) is 12.3 Å². The van der Waals surface area contributed by atoms with Gasteiger partial charge in [-0.2, -0.15) is 25.3 Å². The summed E-state index contributed by atoms with van der Waals surface area (Å²) in [6.07, 6.45) is 0.268. The van der Waals surface area contributed by atoms with Crippen LogP contribution in [-0.4, -0.2) is 79.4 Å². The first-order valence-corrected chi connectivity index (χ1v) is 13.4. The van der Waals surface area contributed by atoms with Gasteiger partial charge in [0, 0.05) is 25.2 Å². The molecule has 0 saturated heterocycles. The van der Waals surface area contributed by atoms with Gasteiger partial charge >= 0.3 is 17.9 Å². The third-order valence-corrected chi connectivity index (χ3v) is 5.29. The van der Waals surface area contributed by atoms with Gasteiger partial charge in [0.15, 0.2) is 0 Å². The van der Waals surface area contributed by atoms with E-state index in [1.807, 2.05) is 6.92 Å². The van der Waals surface area contributed by atoms with Crippen molar-refractivity contribution in [1.82, 2.24) is 10.6 Å². The van der Waals surface area contributed by atoms with Gasteiger partial charge in [-0.05, 0) is 55.4 Å². The normalized spacial score (nSPS) is 12.4. The number of carbonyl (C=O) groups excluding carboxylic acids is 4. The molecule has 12 heteroatoms. The van der Waals surface area contributed by atoms with Crippen LogP contribution in [0.2, 0.25) is 0 Å². The first-order chi connectivity index (χ1) is 17.2. The Morgan fingerprint density at radius 1 is 0.737 bits per heavy atom. The van der Waals surface area contributed by atoms with Crippen LogP contribution in [0, 0.1) is 10.8 Å². The molecule has 0 fully saturated rings. The van der Waals surface area contributed by atoms with E-state index in [0.29, 0.717) is 18.8 Å². The maximum Gasteiger partial charge on any atom is 0.321 e. The molecule has 0 aliphatic rings. The summed E-state index contributed by atoms with van der Waals surface area (Å²) in [6.45, 7) is 17.2. The highest BCUT2D eigenvalue weighted by Gasteiger charge is 2.40. The quantitative estimate of drug-likeness (QED) is 0.117. The van der Waals surface area contributed by atoms with Crippen LogP contribution in [0.3, 0.4) is 0 Å². The lowest BCUT2D eigenvalue weighted by Gasteiger charge is -2.34. The number of hydrogen-bond donors (Lipinski definition) is 4. The Kier molecular flexibility index (Phi) is 14.8. The van der Waals surface area contributed by atoms with Crippen LogP contribution in [0.25, 0.3) is 0 Å². The lowest BCUT2D eigenvalue weighted by atomic mass is 9.91. The van der Waals surface area contributed by atoms with Crippen molar-refractivity contribution in [2.24, 2.45) is 10.8 Å². The molecule has 0 aromatic rings. The van der Waals surface area contributed by atoms with Crippen molar-refractivity contribution >= 4 is 49.1 Å². The highest BCUT2D eigenvalue weighted by Crippen LogP contribution is 2.26. The first-order valence-electron chi connectivity index (χ1n) is 12.5. The number of ether oxygens (including phenoxy) is 4. The van der Waals surface area contributed by atoms with Crippen molar-refractivity contribution in [2.45, 2.75) is 71.3 Å². The Morgan fingerprint density at radius 3 is 1.58 bits per heavy atom. The molecule has 0 saturated carbocycles. The molecule has 0 aromatic heterocycles. The molecule has 0 spiro atoms. The zero-order valence-electron chi connectivity index (χ0n) is 24.0. The van der Waals surface area contributed by atoms with Crippen molar-refractivity contribution in [3.05, 3.63) is 12.3 Å². The molecule has 0 aliphatic carbocycles. The van der Waals surface area contributed by atoms with Crippen molar-refractivity contribution in [1.29, 1.82) is 0 Å². The summed E-state index contributed by atoms with van der Waals surface area (Å²) in [7, 11) is 0. The van der Waals surface area contributed by atoms with E-state index in [1.165, 1.54) is 0 Å². The maximum absolute atomic E-state index is 12.5. The van der Waals surface area contributed by atoms with Crippen LogP contribution in [-0.2, 0) is 38.1 Å². The van der Waals surface area contributed by atoms with Crippen molar-refractivity contribution in [3.63, 3.8) is 0 Å². The maximum atomic E-state index is 12.5. The molecule has 2 N–H and O–H groups in total. The second kappa shape index (κ2) is 15.6. The van der Waals surface area contributed by atoms with Crippen molar-refractivity contribution < 1.29 is 38.1 Å². The van der Waals surface area contributed by atoms with Crippen LogP contribution in [0.1, 0.15) is 61.8 Å². The number of rotatable bonds is 17. The minimum absolute atomic E-state index is 0.0440. The number of hydrogen-bond acceptors (Lipinski definition) is 11. The molecule has 0 unspecified atom stereocenters. The van der Waals surface area contributed by atoms with E-state index >= 15 is 0 Å². The van der Waals surface area contributed by atoms with Crippen molar-refractivity contribution in [3.8, 4) is 0 Å². The fourth-order valence-corrected chi connectivity index (χ4v) is 2.68. The molecule has 0 bridgehead atoms. The molecular weight excluding hydrogens is 532 g/mol. The molecule has 38 heavy (non-hydrogen) atoms. The number of thiol groups is 2. The highest BCUT2D eigenvalue weighted by atomic mass is 32.1. The van der Waals surface area contributed by atoms with Gasteiger partial charge < -0.3 is 29.6 Å². The summed E-state index contributed by atoms with van der Waals surface area (Å²) in [6, 6.07) is 0. The zero-order valence-corrected chi connectivity index (χ0v) is 25.8. The first kappa shape index (κ1) is 36.1. The van der Waals surface area contributed by atoms with Gasteiger partial charge in [0.25, 0.3) is 0 Å². The van der Waals surface area contributed by atoms with E-state index in [1.54, 1.807) is 48.5 Å². The van der Waals surface area contributed by atoms with E-state index in [0.717, 1.165) is 0 Å². The fraction of sp³-hybridized carbons (Fsp3) is 0.769. The predicted molar refractivity (Wildman–Crippen MR) is 152 cm³/mol. The molecule has 0 aromatic carbocycles. The standard InChI is InChI=1S/C26H46N2O8S2/c1-10-27-19(29)11-12-28-18(2)13-33-14-26(15-34-20(30)23(3,4)5,16-35-21(31)24(6,7)37)17-36-22(32)25(8,9)38/h28,37-38H,2,10-17H2,1,3-9H3,(H,27,29). The monoisotopic (exact) mass is 578 g/mol. The summed E-state index contributed by atoms with van der Waals surface area (Å²) in [5, 5.41) is 5.72. The number of esters is 3. The summed E-state index contributed by atoms with van der Waals surface area (Å²) < 4.78 is 20.2. The highest BCUT2D eigenvalue weighted by molar-refractivity contribution is 7.82. The topological polar surface area (TPSA) is 129 Å². The van der Waals surface area contributed by atoms with Crippen LogP contribution in [0.5, 0.6) is 0 Å². The van der Waals surface area contributed by atoms with Crippen LogP contribution >= 0.6 is 25.3 Å². The molecule has 0 rings (SSSR count). The smallest absolute Gasteiger partial charge is 0.321 e. The molecule has 1 amide bonds. The Balaban J connectivity index is 5.65. The second-order valence-electron chi connectivity index (χ2n) is 11.3. The molecule has 10 nitrogen and oxygen atoms in total. The number of amides is 1. The molecule has 220 valence electrons. The fourth-order valence-electron chi connectivity index (χ4n) is 2.56. The molecule has 0 heterocycles. The van der Waals surface area contributed by atoms with Crippen LogP contribution in [0.4, 0.5) is 0 Å². The molecular formula is C26H46N2O8S2. The summed E-state index contributed by atoms with van der Waals surface area (Å²) in [4.78, 5) is 49.1. The average Bonchev–Trinajstić information content (AvgIpc) is 2.77. The zero-order chi connectivity index (χ0) is 29.8. The van der Waals surface area contributed by atoms with E-state index in [9.17, 15) is 19.2 Å². The SMILES string of the molecule is C=C(COCC(COC(=O)C(C)(C)C)(COC(=O)C(C)(C)S)COC(=O)C(C)(C)S)NCCC(=O)NCC. The van der Waals surface area contributed by atoms with E-state index in [4.69, 9.17) is 18.9 Å². The summed E-state index contributed by atoms with van der Waals surface area (Å²) in [5.41, 5.74) is -1.51. The summed E-state index contributed by atoms with van der Waals surface area (Å²) >= 11 is 8.49. The molecule has 0 atom stereocenters. The minimum Gasteiger partial charge on any atom is -0.464 e. The summed E-state index contributed by atoms with van der Waals surface area (Å²) in [5.74, 6) is -1.79. The Bertz CT molecular complexity index is 752.